The van der Waals surface area contributed by atoms with Gasteiger partial charge in [-0.1, -0.05) is 36.0 Å². The predicted molar refractivity (Wildman–Crippen MR) is 114 cm³/mol. The number of nitrogens with one attached hydrogen (secondary N) is 2. The highest BCUT2D eigenvalue weighted by Gasteiger charge is 2.37. The summed E-state index contributed by atoms with van der Waals surface area (Å²) >= 11 is 1.40. The van der Waals surface area contributed by atoms with Gasteiger partial charge in [-0.15, -0.1) is 10.2 Å². The zero-order valence-corrected chi connectivity index (χ0v) is 17.8. The van der Waals surface area contributed by atoms with Crippen LogP contribution in [-0.2, 0) is 11.3 Å². The van der Waals surface area contributed by atoms with E-state index in [0.717, 1.165) is 28.5 Å². The Hall–Kier alpha value is -3.20. The predicted octanol–water partition coefficient (Wildman–Crippen LogP) is 2.68. The lowest BCUT2D eigenvalue weighted by Gasteiger charge is -2.32. The fraction of sp³-hybridized carbons (Fsp3) is 0.286. The molecule has 2 N–H and O–H groups in total. The summed E-state index contributed by atoms with van der Waals surface area (Å²) in [6.07, 6.45) is 0. The fourth-order valence-corrected chi connectivity index (χ4v) is 4.40. The summed E-state index contributed by atoms with van der Waals surface area (Å²) in [5.41, 5.74) is 5.37. The molecule has 0 unspecified atom stereocenters. The first kappa shape index (κ1) is 20.1. The highest BCUT2D eigenvalue weighted by molar-refractivity contribution is 8.00. The molecule has 1 amide bonds. The van der Waals surface area contributed by atoms with Gasteiger partial charge in [0.15, 0.2) is 0 Å². The lowest BCUT2D eigenvalue weighted by Crippen LogP contribution is -2.44. The minimum absolute atomic E-state index is 0.0731. The second-order valence-electron chi connectivity index (χ2n) is 6.85. The highest BCUT2D eigenvalue weighted by atomic mass is 32.2. The van der Waals surface area contributed by atoms with Gasteiger partial charge in [0.05, 0.1) is 20.3 Å². The van der Waals surface area contributed by atoms with Crippen molar-refractivity contribution < 1.29 is 14.3 Å². The molecule has 0 radical (unpaired) electrons. The fourth-order valence-electron chi connectivity index (χ4n) is 3.25. The van der Waals surface area contributed by atoms with Crippen molar-refractivity contribution in [2.24, 2.45) is 0 Å². The minimum Gasteiger partial charge on any atom is -0.497 e. The third-order valence-electron chi connectivity index (χ3n) is 4.96. The Morgan fingerprint density at radius 2 is 1.70 bits per heavy atom. The van der Waals surface area contributed by atoms with Crippen LogP contribution < -0.4 is 20.2 Å². The summed E-state index contributed by atoms with van der Waals surface area (Å²) in [4.78, 5) is 13.1. The standard InChI is InChI=1S/C21H23N5O3S/c1-13-23-24-21-26(13)25-18(15-6-10-17(29-3)11-7-15)19(30-21)20(27)22-12-14-4-8-16(28-2)9-5-14/h4-11,18-19,25H,12H2,1-3H3,(H,22,27)/t18-,19+/m0/s1. The van der Waals surface area contributed by atoms with E-state index in [1.807, 2.05) is 60.1 Å². The number of nitrogens with zero attached hydrogens (tertiary/aromatic N) is 3. The molecule has 8 nitrogen and oxygen atoms in total. The summed E-state index contributed by atoms with van der Waals surface area (Å²) in [6, 6.07) is 15.1. The number of benzene rings is 2. The Morgan fingerprint density at radius 1 is 1.07 bits per heavy atom. The Balaban J connectivity index is 1.54. The Labute approximate surface area is 179 Å². The number of fused-ring (bicyclic) bond motifs is 1. The number of ether oxygens (including phenoxy) is 2. The van der Waals surface area contributed by atoms with E-state index >= 15 is 0 Å². The van der Waals surface area contributed by atoms with E-state index in [-0.39, 0.29) is 11.9 Å². The number of carbonyl (C=O) groups is 1. The van der Waals surface area contributed by atoms with Gasteiger partial charge in [-0.3, -0.25) is 4.79 Å². The lowest BCUT2D eigenvalue weighted by atomic mass is 10.0. The average molecular weight is 426 g/mol. The van der Waals surface area contributed by atoms with E-state index in [1.165, 1.54) is 11.8 Å². The van der Waals surface area contributed by atoms with E-state index in [0.29, 0.717) is 11.7 Å². The van der Waals surface area contributed by atoms with Gasteiger partial charge in [-0.25, -0.2) is 4.68 Å². The van der Waals surface area contributed by atoms with Gasteiger partial charge in [-0.05, 0) is 42.3 Å². The largest absolute Gasteiger partial charge is 0.497 e. The Bertz CT molecular complexity index is 1020. The van der Waals surface area contributed by atoms with E-state index in [4.69, 9.17) is 9.47 Å². The van der Waals surface area contributed by atoms with Crippen LogP contribution in [0, 0.1) is 6.92 Å². The molecule has 2 atom stereocenters. The number of amides is 1. The third kappa shape index (κ3) is 4.06. The van der Waals surface area contributed by atoms with Crippen molar-refractivity contribution in [2.75, 3.05) is 19.6 Å². The van der Waals surface area contributed by atoms with Crippen LogP contribution in [0.5, 0.6) is 11.5 Å². The van der Waals surface area contributed by atoms with Crippen molar-refractivity contribution >= 4 is 17.7 Å². The average Bonchev–Trinajstić information content (AvgIpc) is 3.16. The van der Waals surface area contributed by atoms with Gasteiger partial charge in [-0.2, -0.15) is 0 Å². The summed E-state index contributed by atoms with van der Waals surface area (Å²) in [5, 5.41) is 11.6. The summed E-state index contributed by atoms with van der Waals surface area (Å²) < 4.78 is 12.3. The van der Waals surface area contributed by atoms with E-state index < -0.39 is 5.25 Å². The molecule has 156 valence electrons. The molecule has 0 spiro atoms. The van der Waals surface area contributed by atoms with Crippen LogP contribution in [0.1, 0.15) is 23.0 Å². The van der Waals surface area contributed by atoms with Gasteiger partial charge in [0, 0.05) is 6.54 Å². The van der Waals surface area contributed by atoms with Crippen LogP contribution in [0.15, 0.2) is 53.7 Å². The van der Waals surface area contributed by atoms with Gasteiger partial charge in [0.1, 0.15) is 22.6 Å². The van der Waals surface area contributed by atoms with Crippen molar-refractivity contribution in [3.8, 4) is 11.5 Å². The SMILES string of the molecule is COc1ccc(CNC(=O)[C@@H]2Sc3nnc(C)n3N[C@H]2c2ccc(OC)cc2)cc1. The molecule has 0 saturated carbocycles. The second-order valence-corrected chi connectivity index (χ2v) is 7.96. The van der Waals surface area contributed by atoms with Crippen molar-refractivity contribution in [3.05, 3.63) is 65.5 Å². The van der Waals surface area contributed by atoms with Crippen molar-refractivity contribution in [1.82, 2.24) is 20.2 Å². The molecule has 1 aliphatic heterocycles. The number of hydrogen-bond acceptors (Lipinski definition) is 7. The molecular weight excluding hydrogens is 402 g/mol. The van der Waals surface area contributed by atoms with Crippen molar-refractivity contribution in [1.29, 1.82) is 0 Å². The maximum atomic E-state index is 13.1. The first-order valence-electron chi connectivity index (χ1n) is 9.49. The summed E-state index contributed by atoms with van der Waals surface area (Å²) in [5.74, 6) is 2.22. The minimum atomic E-state index is -0.409. The van der Waals surface area contributed by atoms with Crippen LogP contribution in [-0.4, -0.2) is 40.3 Å². The van der Waals surface area contributed by atoms with Crippen molar-refractivity contribution in [3.63, 3.8) is 0 Å². The number of hydrogen-bond donors (Lipinski definition) is 2. The lowest BCUT2D eigenvalue weighted by molar-refractivity contribution is -0.121. The normalized spacial score (nSPS) is 17.6. The topological polar surface area (TPSA) is 90.3 Å². The molecule has 2 aromatic carbocycles. The molecule has 9 heteroatoms. The Kier molecular flexibility index (Phi) is 5.80. The molecule has 4 rings (SSSR count). The second kappa shape index (κ2) is 8.66. The first-order chi connectivity index (χ1) is 14.6. The molecular formula is C21H23N5O3S. The van der Waals surface area contributed by atoms with Crippen LogP contribution in [0.3, 0.4) is 0 Å². The molecule has 30 heavy (non-hydrogen) atoms. The molecule has 0 fully saturated rings. The zero-order valence-electron chi connectivity index (χ0n) is 17.0. The molecule has 0 saturated heterocycles. The summed E-state index contributed by atoms with van der Waals surface area (Å²) in [6.45, 7) is 2.31. The maximum absolute atomic E-state index is 13.1. The smallest absolute Gasteiger partial charge is 0.236 e. The zero-order chi connectivity index (χ0) is 21.1. The molecule has 0 aliphatic carbocycles. The maximum Gasteiger partial charge on any atom is 0.236 e. The van der Waals surface area contributed by atoms with E-state index in [2.05, 4.69) is 20.9 Å². The number of methoxy groups -OCH3 is 2. The molecule has 0 bridgehead atoms. The van der Waals surface area contributed by atoms with Crippen LogP contribution in [0.4, 0.5) is 0 Å². The first-order valence-corrected chi connectivity index (χ1v) is 10.4. The van der Waals surface area contributed by atoms with Gasteiger partial charge in [0.2, 0.25) is 11.1 Å². The van der Waals surface area contributed by atoms with Gasteiger partial charge >= 0.3 is 0 Å². The number of aromatic nitrogens is 3. The quantitative estimate of drug-likeness (QED) is 0.627. The van der Waals surface area contributed by atoms with E-state index in [9.17, 15) is 4.79 Å². The van der Waals surface area contributed by atoms with Crippen molar-refractivity contribution in [2.45, 2.75) is 29.9 Å². The number of thioether (sulfide) groups is 1. The van der Waals surface area contributed by atoms with Crippen LogP contribution >= 0.6 is 11.8 Å². The van der Waals surface area contributed by atoms with Crippen LogP contribution in [0.2, 0.25) is 0 Å². The molecule has 3 aromatic rings. The monoisotopic (exact) mass is 425 g/mol. The molecule has 2 heterocycles. The number of rotatable bonds is 6. The van der Waals surface area contributed by atoms with Gasteiger partial charge in [0.25, 0.3) is 0 Å². The van der Waals surface area contributed by atoms with E-state index in [1.54, 1.807) is 14.2 Å². The number of aryl methyl sites for hydroxylation is 1. The Morgan fingerprint density at radius 3 is 2.33 bits per heavy atom. The highest BCUT2D eigenvalue weighted by Crippen LogP contribution is 2.37. The number of carbonyl (C=O) groups excluding carboxylic acids is 1. The molecule has 1 aromatic heterocycles. The molecule has 1 aliphatic rings. The van der Waals surface area contributed by atoms with Crippen LogP contribution in [0.25, 0.3) is 0 Å². The van der Waals surface area contributed by atoms with Gasteiger partial charge < -0.3 is 20.2 Å². The summed E-state index contributed by atoms with van der Waals surface area (Å²) in [7, 11) is 3.26. The third-order valence-corrected chi connectivity index (χ3v) is 6.17.